The Kier molecular flexibility index (Phi) is 2.21. The molecule has 0 amide bonds. The number of nitrogens with one attached hydrogen (secondary N) is 1. The van der Waals surface area contributed by atoms with Crippen LogP contribution in [0, 0.1) is 0 Å². The Balaban J connectivity index is 2.79. The lowest BCUT2D eigenvalue weighted by Gasteiger charge is -2.17. The molecule has 1 heterocycles. The molecule has 0 spiro atoms. The van der Waals surface area contributed by atoms with Gasteiger partial charge in [-0.1, -0.05) is 19.1 Å². The average molecular weight is 168 g/mol. The van der Waals surface area contributed by atoms with Gasteiger partial charge >= 0.3 is 0 Å². The second-order valence-electron chi connectivity index (χ2n) is 3.50. The van der Waals surface area contributed by atoms with Gasteiger partial charge in [0.25, 0.3) is 0 Å². The molecule has 0 atom stereocenters. The Morgan fingerprint density at radius 3 is 2.67 bits per heavy atom. The van der Waals surface area contributed by atoms with Crippen molar-refractivity contribution in [3.8, 4) is 0 Å². The summed E-state index contributed by atoms with van der Waals surface area (Å²) >= 11 is 0. The third-order valence-corrected chi connectivity index (χ3v) is 1.64. The van der Waals surface area contributed by atoms with Crippen LogP contribution in [0.15, 0.2) is 0 Å². The highest BCUT2D eigenvalue weighted by Gasteiger charge is 2.26. The molecular formula is C7H12N4O. The minimum absolute atomic E-state index is 0.129. The van der Waals surface area contributed by atoms with Gasteiger partial charge in [-0.3, -0.25) is 4.79 Å². The van der Waals surface area contributed by atoms with Gasteiger partial charge in [0.2, 0.25) is 0 Å². The predicted octanol–water partition coefficient (Wildman–Crippen LogP) is 0.456. The molecule has 12 heavy (non-hydrogen) atoms. The number of hydrogen-bond acceptors (Lipinski definition) is 4. The number of ketones is 1. The molecule has 5 heteroatoms. The van der Waals surface area contributed by atoms with Gasteiger partial charge in [-0.2, -0.15) is 5.21 Å². The summed E-state index contributed by atoms with van der Waals surface area (Å²) in [4.78, 5) is 10.9. The lowest BCUT2D eigenvalue weighted by Crippen LogP contribution is -2.22. The Morgan fingerprint density at radius 2 is 2.25 bits per heavy atom. The van der Waals surface area contributed by atoms with Crippen LogP contribution in [-0.2, 0) is 10.2 Å². The van der Waals surface area contributed by atoms with Gasteiger partial charge in [0.1, 0.15) is 5.78 Å². The van der Waals surface area contributed by atoms with Crippen LogP contribution >= 0.6 is 0 Å². The van der Waals surface area contributed by atoms with Gasteiger partial charge < -0.3 is 0 Å². The molecule has 0 bridgehead atoms. The van der Waals surface area contributed by atoms with Crippen molar-refractivity contribution in [1.82, 2.24) is 20.6 Å². The molecule has 0 aliphatic rings. The average Bonchev–Trinajstić information content (AvgIpc) is 2.32. The number of carbonyl (C=O) groups excluding carboxylic acids is 1. The molecule has 0 saturated heterocycles. The number of carbonyl (C=O) groups is 1. The number of rotatable bonds is 3. The fourth-order valence-electron chi connectivity index (χ4n) is 1.15. The number of tetrazole rings is 1. The smallest absolute Gasteiger partial charge is 0.180 e. The van der Waals surface area contributed by atoms with E-state index in [1.54, 1.807) is 6.92 Å². The van der Waals surface area contributed by atoms with Gasteiger partial charge in [-0.25, -0.2) is 0 Å². The molecule has 0 aliphatic heterocycles. The highest BCUT2D eigenvalue weighted by Crippen LogP contribution is 2.22. The molecule has 5 nitrogen and oxygen atoms in total. The van der Waals surface area contributed by atoms with E-state index in [4.69, 9.17) is 0 Å². The zero-order valence-corrected chi connectivity index (χ0v) is 7.46. The van der Waals surface area contributed by atoms with Crippen LogP contribution in [0.3, 0.4) is 0 Å². The third kappa shape index (κ3) is 1.87. The summed E-state index contributed by atoms with van der Waals surface area (Å²) in [7, 11) is 0. The SMILES string of the molecule is CC(=O)CC(C)(C)c1nn[nH]n1. The summed E-state index contributed by atoms with van der Waals surface area (Å²) in [6.07, 6.45) is 0.437. The summed E-state index contributed by atoms with van der Waals surface area (Å²) in [6, 6.07) is 0. The van der Waals surface area contributed by atoms with Gasteiger partial charge in [-0.15, -0.1) is 10.2 Å². The molecule has 0 unspecified atom stereocenters. The van der Waals surface area contributed by atoms with E-state index < -0.39 is 0 Å². The lowest BCUT2D eigenvalue weighted by molar-refractivity contribution is -0.118. The second kappa shape index (κ2) is 3.00. The summed E-state index contributed by atoms with van der Waals surface area (Å²) in [6.45, 7) is 5.39. The summed E-state index contributed by atoms with van der Waals surface area (Å²) in [5.41, 5.74) is -0.321. The lowest BCUT2D eigenvalue weighted by atomic mass is 9.87. The largest absolute Gasteiger partial charge is 0.300 e. The number of H-pyrrole nitrogens is 1. The molecular weight excluding hydrogens is 156 g/mol. The highest BCUT2D eigenvalue weighted by atomic mass is 16.1. The Bertz CT molecular complexity index is 265. The van der Waals surface area contributed by atoms with Gasteiger partial charge in [0.15, 0.2) is 5.82 Å². The number of aromatic nitrogens is 4. The monoisotopic (exact) mass is 168 g/mol. The number of Topliss-reactive ketones (excluding diaryl/α,β-unsaturated/α-hetero) is 1. The first-order valence-electron chi connectivity index (χ1n) is 3.76. The zero-order valence-electron chi connectivity index (χ0n) is 7.46. The Labute approximate surface area is 70.6 Å². The van der Waals surface area contributed by atoms with E-state index in [1.165, 1.54) is 0 Å². The van der Waals surface area contributed by atoms with Crippen molar-refractivity contribution in [2.75, 3.05) is 0 Å². The van der Waals surface area contributed by atoms with Crippen molar-refractivity contribution in [1.29, 1.82) is 0 Å². The number of hydrogen-bond donors (Lipinski definition) is 1. The van der Waals surface area contributed by atoms with E-state index in [-0.39, 0.29) is 11.2 Å². The normalized spacial score (nSPS) is 11.6. The molecule has 0 aromatic carbocycles. The maximum Gasteiger partial charge on any atom is 0.180 e. The van der Waals surface area contributed by atoms with Crippen LogP contribution < -0.4 is 0 Å². The van der Waals surface area contributed by atoms with Crippen molar-refractivity contribution < 1.29 is 4.79 Å². The van der Waals surface area contributed by atoms with E-state index in [1.807, 2.05) is 13.8 Å². The molecule has 0 aliphatic carbocycles. The van der Waals surface area contributed by atoms with Crippen molar-refractivity contribution >= 4 is 5.78 Å². The molecule has 1 N–H and O–H groups in total. The van der Waals surface area contributed by atoms with E-state index in [2.05, 4.69) is 20.6 Å². The molecule has 0 saturated carbocycles. The molecule has 1 aromatic rings. The fraction of sp³-hybridized carbons (Fsp3) is 0.714. The zero-order chi connectivity index (χ0) is 9.19. The summed E-state index contributed by atoms with van der Waals surface area (Å²) in [5, 5.41) is 13.5. The Morgan fingerprint density at radius 1 is 1.58 bits per heavy atom. The van der Waals surface area contributed by atoms with Crippen molar-refractivity contribution in [3.63, 3.8) is 0 Å². The van der Waals surface area contributed by atoms with Gasteiger partial charge in [-0.05, 0) is 6.92 Å². The third-order valence-electron chi connectivity index (χ3n) is 1.64. The minimum Gasteiger partial charge on any atom is -0.300 e. The minimum atomic E-state index is -0.321. The van der Waals surface area contributed by atoms with Gasteiger partial charge in [0.05, 0.1) is 0 Å². The first kappa shape index (κ1) is 8.83. The van der Waals surface area contributed by atoms with Crippen LogP contribution in [-0.4, -0.2) is 26.4 Å². The van der Waals surface area contributed by atoms with Crippen LogP contribution in [0.5, 0.6) is 0 Å². The Hall–Kier alpha value is -1.26. The van der Waals surface area contributed by atoms with E-state index in [9.17, 15) is 4.79 Å². The summed E-state index contributed by atoms with van der Waals surface area (Å²) < 4.78 is 0. The number of nitrogens with zero attached hydrogens (tertiary/aromatic N) is 3. The maximum absolute atomic E-state index is 10.9. The summed E-state index contributed by atoms with van der Waals surface area (Å²) in [5.74, 6) is 0.711. The van der Waals surface area contributed by atoms with Crippen molar-refractivity contribution in [2.24, 2.45) is 0 Å². The second-order valence-corrected chi connectivity index (χ2v) is 3.50. The highest BCUT2D eigenvalue weighted by molar-refractivity contribution is 5.76. The first-order chi connectivity index (χ1) is 5.52. The van der Waals surface area contributed by atoms with Crippen LogP contribution in [0.1, 0.15) is 33.0 Å². The topological polar surface area (TPSA) is 71.5 Å². The predicted molar refractivity (Wildman–Crippen MR) is 42.5 cm³/mol. The first-order valence-corrected chi connectivity index (χ1v) is 3.76. The van der Waals surface area contributed by atoms with E-state index >= 15 is 0 Å². The number of aromatic amines is 1. The van der Waals surface area contributed by atoms with E-state index in [0.29, 0.717) is 12.2 Å². The molecule has 1 rings (SSSR count). The molecule has 0 radical (unpaired) electrons. The maximum atomic E-state index is 10.9. The quantitative estimate of drug-likeness (QED) is 0.711. The molecule has 1 aromatic heterocycles. The van der Waals surface area contributed by atoms with Crippen LogP contribution in [0.4, 0.5) is 0 Å². The molecule has 66 valence electrons. The standard InChI is InChI=1S/C7H12N4O/c1-5(12)4-7(2,3)6-8-10-11-9-6/h4H2,1-3H3,(H,8,9,10,11). The molecule has 0 fully saturated rings. The van der Waals surface area contributed by atoms with Crippen LogP contribution in [0.25, 0.3) is 0 Å². The van der Waals surface area contributed by atoms with Crippen LogP contribution in [0.2, 0.25) is 0 Å². The fourth-order valence-corrected chi connectivity index (χ4v) is 1.15. The van der Waals surface area contributed by atoms with Crippen molar-refractivity contribution in [3.05, 3.63) is 5.82 Å². The van der Waals surface area contributed by atoms with E-state index in [0.717, 1.165) is 0 Å². The van der Waals surface area contributed by atoms with Crippen molar-refractivity contribution in [2.45, 2.75) is 32.6 Å². The van der Waals surface area contributed by atoms with Gasteiger partial charge in [0, 0.05) is 11.8 Å².